The van der Waals surface area contributed by atoms with Crippen LogP contribution < -0.4 is 5.56 Å². The molecule has 0 radical (unpaired) electrons. The van der Waals surface area contributed by atoms with Crippen molar-refractivity contribution in [1.29, 1.82) is 0 Å². The van der Waals surface area contributed by atoms with E-state index in [0.717, 1.165) is 18.2 Å². The number of aromatic carboxylic acids is 1. The summed E-state index contributed by atoms with van der Waals surface area (Å²) in [7, 11) is 0. The van der Waals surface area contributed by atoms with Crippen LogP contribution in [0.4, 0.5) is 8.78 Å². The number of hydrogen-bond donors (Lipinski definition) is 1. The number of carbonyl (C=O) groups is 1. The average Bonchev–Trinajstić information content (AvgIpc) is 3.20. The maximum atomic E-state index is 13.5. The molecule has 4 rings (SSSR count). The highest BCUT2D eigenvalue weighted by Gasteiger charge is 2.13. The van der Waals surface area contributed by atoms with Gasteiger partial charge in [-0.05, 0) is 29.8 Å². The lowest BCUT2D eigenvalue weighted by molar-refractivity contribution is 0.0652. The van der Waals surface area contributed by atoms with E-state index in [1.807, 2.05) is 0 Å². The first-order valence-electron chi connectivity index (χ1n) is 8.73. The molecule has 0 bridgehead atoms. The van der Waals surface area contributed by atoms with Crippen molar-refractivity contribution in [3.63, 3.8) is 0 Å². The van der Waals surface area contributed by atoms with Gasteiger partial charge in [-0.15, -0.1) is 0 Å². The van der Waals surface area contributed by atoms with E-state index in [1.54, 1.807) is 24.3 Å². The third kappa shape index (κ3) is 4.00. The molecule has 0 fully saturated rings. The Balaban J connectivity index is 1.66. The van der Waals surface area contributed by atoms with Crippen molar-refractivity contribution in [2.75, 3.05) is 0 Å². The van der Waals surface area contributed by atoms with E-state index in [9.17, 15) is 18.4 Å². The summed E-state index contributed by atoms with van der Waals surface area (Å²) in [5.41, 5.74) is 1.67. The SMILES string of the molecule is O=C(O)c1cc(-c2cccc(Cn3nc(-c4cc(F)cc(F)c4)ccc3=O)c2)no1. The number of halogens is 2. The zero-order valence-electron chi connectivity index (χ0n) is 15.3. The molecular formula is C21H13F2N3O4. The zero-order valence-corrected chi connectivity index (χ0v) is 15.3. The molecule has 7 nitrogen and oxygen atoms in total. The summed E-state index contributed by atoms with van der Waals surface area (Å²) in [5.74, 6) is -3.01. The number of hydrogen-bond acceptors (Lipinski definition) is 5. The Morgan fingerprint density at radius 2 is 1.73 bits per heavy atom. The van der Waals surface area contributed by atoms with E-state index < -0.39 is 23.2 Å². The summed E-state index contributed by atoms with van der Waals surface area (Å²) in [5, 5.41) is 16.9. The van der Waals surface area contributed by atoms with Crippen LogP contribution in [0.25, 0.3) is 22.5 Å². The molecule has 0 aliphatic carbocycles. The fourth-order valence-corrected chi connectivity index (χ4v) is 2.93. The van der Waals surface area contributed by atoms with Crippen molar-refractivity contribution in [2.24, 2.45) is 0 Å². The lowest BCUT2D eigenvalue weighted by atomic mass is 10.1. The third-order valence-corrected chi connectivity index (χ3v) is 4.30. The number of carboxylic acids is 1. The van der Waals surface area contributed by atoms with Gasteiger partial charge in [-0.3, -0.25) is 4.79 Å². The molecule has 9 heteroatoms. The normalized spacial score (nSPS) is 10.9. The van der Waals surface area contributed by atoms with Crippen molar-refractivity contribution in [1.82, 2.24) is 14.9 Å². The van der Waals surface area contributed by atoms with Gasteiger partial charge in [-0.2, -0.15) is 5.10 Å². The monoisotopic (exact) mass is 409 g/mol. The standard InChI is InChI=1S/C21H13F2N3O4/c22-15-7-14(8-16(23)9-15)17-4-5-20(27)26(24-17)11-12-2-1-3-13(6-12)18-10-19(21(28)29)30-25-18/h1-10H,11H2,(H,28,29). The molecular weight excluding hydrogens is 396 g/mol. The van der Waals surface area contributed by atoms with Crippen molar-refractivity contribution in [2.45, 2.75) is 6.54 Å². The summed E-state index contributed by atoms with van der Waals surface area (Å²) < 4.78 is 33.0. The summed E-state index contributed by atoms with van der Waals surface area (Å²) in [6, 6.07) is 13.9. The van der Waals surface area contributed by atoms with E-state index >= 15 is 0 Å². The number of benzene rings is 2. The molecule has 0 unspecified atom stereocenters. The fourth-order valence-electron chi connectivity index (χ4n) is 2.93. The van der Waals surface area contributed by atoms with Crippen LogP contribution in [0.15, 0.2) is 70.0 Å². The van der Waals surface area contributed by atoms with Crippen molar-refractivity contribution < 1.29 is 23.2 Å². The predicted octanol–water partition coefficient (Wildman–Crippen LogP) is 3.59. The van der Waals surface area contributed by atoms with Crippen LogP contribution in [0.1, 0.15) is 16.1 Å². The van der Waals surface area contributed by atoms with Crippen LogP contribution in [0.3, 0.4) is 0 Å². The Hall–Kier alpha value is -4.14. The van der Waals surface area contributed by atoms with E-state index in [1.165, 1.54) is 22.9 Å². The van der Waals surface area contributed by atoms with Gasteiger partial charge < -0.3 is 9.63 Å². The molecule has 0 aliphatic rings. The van der Waals surface area contributed by atoms with Crippen LogP contribution in [-0.4, -0.2) is 26.0 Å². The fraction of sp³-hybridized carbons (Fsp3) is 0.0476. The van der Waals surface area contributed by atoms with Gasteiger partial charge in [0.2, 0.25) is 5.76 Å². The first kappa shape index (κ1) is 19.2. The molecule has 0 spiro atoms. The largest absolute Gasteiger partial charge is 0.475 e. The molecule has 0 aliphatic heterocycles. The summed E-state index contributed by atoms with van der Waals surface area (Å²) in [6.07, 6.45) is 0. The first-order valence-corrected chi connectivity index (χ1v) is 8.73. The van der Waals surface area contributed by atoms with Gasteiger partial charge in [0.15, 0.2) is 0 Å². The van der Waals surface area contributed by atoms with Crippen LogP contribution in [0.5, 0.6) is 0 Å². The van der Waals surface area contributed by atoms with Crippen molar-refractivity contribution in [3.05, 3.63) is 94.0 Å². The molecule has 0 amide bonds. The molecule has 2 aromatic heterocycles. The Bertz CT molecular complexity index is 1290. The van der Waals surface area contributed by atoms with E-state index in [4.69, 9.17) is 9.63 Å². The number of carboxylic acid groups (broad SMARTS) is 1. The number of rotatable bonds is 5. The first-order chi connectivity index (χ1) is 14.4. The number of aromatic nitrogens is 3. The minimum atomic E-state index is -1.23. The second kappa shape index (κ2) is 7.70. The highest BCUT2D eigenvalue weighted by atomic mass is 19.1. The Morgan fingerprint density at radius 1 is 0.967 bits per heavy atom. The lowest BCUT2D eigenvalue weighted by Gasteiger charge is -2.08. The highest BCUT2D eigenvalue weighted by Crippen LogP contribution is 2.22. The van der Waals surface area contributed by atoms with Gasteiger partial charge in [0.25, 0.3) is 5.56 Å². The average molecular weight is 409 g/mol. The van der Waals surface area contributed by atoms with Crippen LogP contribution in [0, 0.1) is 11.6 Å². The molecule has 0 saturated carbocycles. The summed E-state index contributed by atoms with van der Waals surface area (Å²) in [6.45, 7) is 0.0853. The van der Waals surface area contributed by atoms with Crippen molar-refractivity contribution >= 4 is 5.97 Å². The van der Waals surface area contributed by atoms with Gasteiger partial charge in [0, 0.05) is 29.3 Å². The Labute approximate surface area is 167 Å². The topological polar surface area (TPSA) is 98.2 Å². The molecule has 4 aromatic rings. The molecule has 150 valence electrons. The second-order valence-electron chi connectivity index (χ2n) is 6.45. The van der Waals surface area contributed by atoms with E-state index in [0.29, 0.717) is 16.8 Å². The predicted molar refractivity (Wildman–Crippen MR) is 102 cm³/mol. The van der Waals surface area contributed by atoms with Crippen molar-refractivity contribution in [3.8, 4) is 22.5 Å². The quantitative estimate of drug-likeness (QED) is 0.541. The number of nitrogens with zero attached hydrogens (tertiary/aromatic N) is 3. The highest BCUT2D eigenvalue weighted by molar-refractivity contribution is 5.85. The second-order valence-corrected chi connectivity index (χ2v) is 6.45. The minimum absolute atomic E-state index is 0.0853. The lowest BCUT2D eigenvalue weighted by Crippen LogP contribution is -2.22. The van der Waals surface area contributed by atoms with Crippen LogP contribution in [0.2, 0.25) is 0 Å². The van der Waals surface area contributed by atoms with Crippen LogP contribution >= 0.6 is 0 Å². The van der Waals surface area contributed by atoms with Gasteiger partial charge in [0.1, 0.15) is 17.3 Å². The Kier molecular flexibility index (Phi) is 4.93. The molecule has 0 atom stereocenters. The van der Waals surface area contributed by atoms with Crippen LogP contribution in [-0.2, 0) is 6.54 Å². The molecule has 2 aromatic carbocycles. The van der Waals surface area contributed by atoms with E-state index in [2.05, 4.69) is 10.3 Å². The minimum Gasteiger partial charge on any atom is -0.475 e. The maximum Gasteiger partial charge on any atom is 0.374 e. The molecule has 2 heterocycles. The molecule has 1 N–H and O–H groups in total. The van der Waals surface area contributed by atoms with Gasteiger partial charge in [-0.1, -0.05) is 23.4 Å². The Morgan fingerprint density at radius 3 is 2.43 bits per heavy atom. The molecule has 30 heavy (non-hydrogen) atoms. The smallest absolute Gasteiger partial charge is 0.374 e. The summed E-state index contributed by atoms with van der Waals surface area (Å²) in [4.78, 5) is 23.2. The van der Waals surface area contributed by atoms with E-state index in [-0.39, 0.29) is 23.6 Å². The zero-order chi connectivity index (χ0) is 21.3. The third-order valence-electron chi connectivity index (χ3n) is 4.30. The summed E-state index contributed by atoms with van der Waals surface area (Å²) >= 11 is 0. The maximum absolute atomic E-state index is 13.5. The molecule has 0 saturated heterocycles. The van der Waals surface area contributed by atoms with Gasteiger partial charge in [-0.25, -0.2) is 18.3 Å². The van der Waals surface area contributed by atoms with Gasteiger partial charge >= 0.3 is 5.97 Å². The van der Waals surface area contributed by atoms with Gasteiger partial charge in [0.05, 0.1) is 12.2 Å².